The first-order valence-corrected chi connectivity index (χ1v) is 11.6. The molecule has 156 valence electrons. The highest BCUT2D eigenvalue weighted by Gasteiger charge is 2.37. The molecule has 1 fully saturated rings. The Bertz CT molecular complexity index is 1020. The number of piperidine rings is 1. The SMILES string of the molecule is CCCn1cc(C(=O)N2CCC[C@@H]([C@H]3Nc4ccccc4S(=O)(=O)N3)C2)c(C)n1. The van der Waals surface area contributed by atoms with Crippen LogP contribution in [0.15, 0.2) is 35.4 Å². The van der Waals surface area contributed by atoms with Crippen LogP contribution in [0.1, 0.15) is 42.2 Å². The van der Waals surface area contributed by atoms with Gasteiger partial charge in [-0.2, -0.15) is 9.82 Å². The molecule has 9 heteroatoms. The number of anilines is 1. The van der Waals surface area contributed by atoms with Crippen molar-refractivity contribution in [3.63, 3.8) is 0 Å². The van der Waals surface area contributed by atoms with E-state index < -0.39 is 16.2 Å². The molecule has 0 unspecified atom stereocenters. The fourth-order valence-electron chi connectivity index (χ4n) is 4.17. The number of likely N-dealkylation sites (tertiary alicyclic amines) is 1. The van der Waals surface area contributed by atoms with Crippen LogP contribution in [0.5, 0.6) is 0 Å². The van der Waals surface area contributed by atoms with E-state index in [0.717, 1.165) is 31.5 Å². The van der Waals surface area contributed by atoms with Gasteiger partial charge in [0, 0.05) is 31.7 Å². The number of sulfonamides is 1. The van der Waals surface area contributed by atoms with Crippen molar-refractivity contribution in [2.24, 2.45) is 5.92 Å². The number of aryl methyl sites for hydroxylation is 2. The lowest BCUT2D eigenvalue weighted by molar-refractivity contribution is 0.0658. The second-order valence-corrected chi connectivity index (χ2v) is 9.47. The van der Waals surface area contributed by atoms with Gasteiger partial charge in [-0.15, -0.1) is 0 Å². The number of carbonyl (C=O) groups is 1. The third-order valence-electron chi connectivity index (χ3n) is 5.62. The number of carbonyl (C=O) groups excluding carboxylic acids is 1. The molecule has 0 aliphatic carbocycles. The summed E-state index contributed by atoms with van der Waals surface area (Å²) in [6.07, 6.45) is 4.02. The minimum Gasteiger partial charge on any atom is -0.368 e. The summed E-state index contributed by atoms with van der Waals surface area (Å²) in [5, 5.41) is 7.74. The van der Waals surface area contributed by atoms with Crippen LogP contribution in [0.4, 0.5) is 5.69 Å². The second-order valence-electron chi connectivity index (χ2n) is 7.78. The minimum absolute atomic E-state index is 0.0122. The van der Waals surface area contributed by atoms with Crippen molar-refractivity contribution in [2.45, 2.75) is 50.7 Å². The Labute approximate surface area is 171 Å². The molecule has 0 radical (unpaired) electrons. The van der Waals surface area contributed by atoms with Crippen LogP contribution in [0, 0.1) is 12.8 Å². The molecule has 2 aliphatic heterocycles. The fourth-order valence-corrected chi connectivity index (χ4v) is 5.56. The Hall–Kier alpha value is -2.39. The van der Waals surface area contributed by atoms with Gasteiger partial charge >= 0.3 is 0 Å². The maximum Gasteiger partial charge on any atom is 0.257 e. The molecule has 0 spiro atoms. The number of para-hydroxylation sites is 1. The Morgan fingerprint density at radius 2 is 2.10 bits per heavy atom. The van der Waals surface area contributed by atoms with Crippen molar-refractivity contribution in [3.05, 3.63) is 41.7 Å². The van der Waals surface area contributed by atoms with E-state index in [4.69, 9.17) is 0 Å². The van der Waals surface area contributed by atoms with Gasteiger partial charge in [-0.25, -0.2) is 8.42 Å². The maximum atomic E-state index is 13.1. The van der Waals surface area contributed by atoms with Crippen molar-refractivity contribution >= 4 is 21.6 Å². The van der Waals surface area contributed by atoms with Crippen molar-refractivity contribution < 1.29 is 13.2 Å². The molecule has 3 heterocycles. The molecule has 1 aromatic heterocycles. The maximum absolute atomic E-state index is 13.1. The Kier molecular flexibility index (Phi) is 5.35. The number of nitrogens with zero attached hydrogens (tertiary/aromatic N) is 3. The van der Waals surface area contributed by atoms with Gasteiger partial charge in [-0.3, -0.25) is 9.48 Å². The number of nitrogens with one attached hydrogen (secondary N) is 2. The van der Waals surface area contributed by atoms with Gasteiger partial charge in [0.2, 0.25) is 10.0 Å². The highest BCUT2D eigenvalue weighted by Crippen LogP contribution is 2.30. The Morgan fingerprint density at radius 3 is 2.90 bits per heavy atom. The van der Waals surface area contributed by atoms with Gasteiger partial charge in [0.05, 0.1) is 23.1 Å². The molecule has 1 aromatic carbocycles. The Balaban J connectivity index is 1.51. The number of aromatic nitrogens is 2. The summed E-state index contributed by atoms with van der Waals surface area (Å²) in [4.78, 5) is 15.2. The topological polar surface area (TPSA) is 96.3 Å². The van der Waals surface area contributed by atoms with Crippen molar-refractivity contribution in [1.29, 1.82) is 0 Å². The number of hydrogen-bond donors (Lipinski definition) is 2. The predicted octanol–water partition coefficient (Wildman–Crippen LogP) is 2.18. The molecule has 2 atom stereocenters. The number of rotatable bonds is 4. The average Bonchev–Trinajstić information content (AvgIpc) is 3.07. The smallest absolute Gasteiger partial charge is 0.257 e. The fraction of sp³-hybridized carbons (Fsp3) is 0.500. The van der Waals surface area contributed by atoms with E-state index >= 15 is 0 Å². The van der Waals surface area contributed by atoms with Crippen LogP contribution in [0.2, 0.25) is 0 Å². The van der Waals surface area contributed by atoms with Crippen LogP contribution in [-0.4, -0.2) is 48.3 Å². The highest BCUT2D eigenvalue weighted by molar-refractivity contribution is 7.89. The standard InChI is InChI=1S/C20H27N5O3S/c1-3-10-25-13-16(14(2)22-25)20(26)24-11-6-7-15(12-24)19-21-17-8-4-5-9-18(17)29(27,28)23-19/h4-5,8-9,13,15,19,21,23H,3,6-7,10-12H2,1-2H3/t15-,19+/m1/s1. The lowest BCUT2D eigenvalue weighted by Crippen LogP contribution is -2.54. The predicted molar refractivity (Wildman–Crippen MR) is 110 cm³/mol. The van der Waals surface area contributed by atoms with Crippen LogP contribution in [-0.2, 0) is 16.6 Å². The van der Waals surface area contributed by atoms with Crippen molar-refractivity contribution in [3.8, 4) is 0 Å². The van der Waals surface area contributed by atoms with E-state index in [9.17, 15) is 13.2 Å². The first kappa shape index (κ1) is 19.9. The molecule has 0 saturated carbocycles. The molecule has 2 N–H and O–H groups in total. The molecule has 2 aliphatic rings. The van der Waals surface area contributed by atoms with Crippen LogP contribution in [0.3, 0.4) is 0 Å². The average molecular weight is 418 g/mol. The zero-order valence-corrected chi connectivity index (χ0v) is 17.6. The minimum atomic E-state index is -3.57. The van der Waals surface area contributed by atoms with E-state index in [2.05, 4.69) is 22.1 Å². The molecule has 2 aromatic rings. The van der Waals surface area contributed by atoms with Gasteiger partial charge in [-0.1, -0.05) is 19.1 Å². The van der Waals surface area contributed by atoms with Gasteiger partial charge < -0.3 is 10.2 Å². The third-order valence-corrected chi connectivity index (χ3v) is 7.11. The van der Waals surface area contributed by atoms with E-state index in [-0.39, 0.29) is 16.7 Å². The van der Waals surface area contributed by atoms with Crippen molar-refractivity contribution in [1.82, 2.24) is 19.4 Å². The third kappa shape index (κ3) is 3.89. The summed E-state index contributed by atoms with van der Waals surface area (Å²) in [6, 6.07) is 6.89. The first-order valence-electron chi connectivity index (χ1n) is 10.1. The summed E-state index contributed by atoms with van der Waals surface area (Å²) >= 11 is 0. The molecular formula is C20H27N5O3S. The first-order chi connectivity index (χ1) is 13.9. The van der Waals surface area contributed by atoms with Gasteiger partial charge in [-0.05, 0) is 38.3 Å². The normalized spacial score (nSPS) is 23.3. The zero-order chi connectivity index (χ0) is 20.6. The summed E-state index contributed by atoms with van der Waals surface area (Å²) in [5.74, 6) is -0.0459. The molecule has 1 saturated heterocycles. The van der Waals surface area contributed by atoms with Crippen LogP contribution >= 0.6 is 0 Å². The van der Waals surface area contributed by atoms with E-state index in [0.29, 0.717) is 24.3 Å². The highest BCUT2D eigenvalue weighted by atomic mass is 32.2. The van der Waals surface area contributed by atoms with E-state index in [1.54, 1.807) is 18.2 Å². The Morgan fingerprint density at radius 1 is 1.31 bits per heavy atom. The quantitative estimate of drug-likeness (QED) is 0.795. The van der Waals surface area contributed by atoms with Gasteiger partial charge in [0.15, 0.2) is 0 Å². The van der Waals surface area contributed by atoms with E-state index in [1.807, 2.05) is 28.8 Å². The lowest BCUT2D eigenvalue weighted by atomic mass is 9.94. The van der Waals surface area contributed by atoms with E-state index in [1.165, 1.54) is 0 Å². The largest absolute Gasteiger partial charge is 0.368 e. The molecule has 8 nitrogen and oxygen atoms in total. The lowest BCUT2D eigenvalue weighted by Gasteiger charge is -2.39. The van der Waals surface area contributed by atoms with Crippen molar-refractivity contribution in [2.75, 3.05) is 18.4 Å². The van der Waals surface area contributed by atoms with Crippen LogP contribution in [0.25, 0.3) is 0 Å². The zero-order valence-electron chi connectivity index (χ0n) is 16.8. The van der Waals surface area contributed by atoms with Crippen LogP contribution < -0.4 is 10.0 Å². The molecule has 4 rings (SSSR count). The number of benzene rings is 1. The summed E-state index contributed by atoms with van der Waals surface area (Å²) < 4.78 is 29.8. The molecule has 29 heavy (non-hydrogen) atoms. The van der Waals surface area contributed by atoms with Gasteiger partial charge in [0.1, 0.15) is 4.90 Å². The molecule has 0 bridgehead atoms. The summed E-state index contributed by atoms with van der Waals surface area (Å²) in [5.41, 5.74) is 1.97. The molecular weight excluding hydrogens is 390 g/mol. The molecule has 1 amide bonds. The monoisotopic (exact) mass is 417 g/mol. The number of fused-ring (bicyclic) bond motifs is 1. The summed E-state index contributed by atoms with van der Waals surface area (Å²) in [6.45, 7) is 5.88. The number of amides is 1. The van der Waals surface area contributed by atoms with Gasteiger partial charge in [0.25, 0.3) is 5.91 Å². The summed E-state index contributed by atoms with van der Waals surface area (Å²) in [7, 11) is -3.57. The second kappa shape index (κ2) is 7.79. The number of hydrogen-bond acceptors (Lipinski definition) is 5.